The van der Waals surface area contributed by atoms with Gasteiger partial charge in [0.1, 0.15) is 0 Å². The molecule has 2 aromatic rings. The summed E-state index contributed by atoms with van der Waals surface area (Å²) in [6.45, 7) is 4.05. The first-order chi connectivity index (χ1) is 8.59. The largest absolute Gasteiger partial charge is 0.388 e. The quantitative estimate of drug-likeness (QED) is 0.930. The highest BCUT2D eigenvalue weighted by Gasteiger charge is 2.18. The van der Waals surface area contributed by atoms with E-state index in [4.69, 9.17) is 0 Å². The third-order valence-corrected chi connectivity index (χ3v) is 4.12. The van der Waals surface area contributed by atoms with Crippen LogP contribution in [0.3, 0.4) is 0 Å². The van der Waals surface area contributed by atoms with Crippen molar-refractivity contribution in [2.24, 2.45) is 0 Å². The maximum atomic E-state index is 10.4. The van der Waals surface area contributed by atoms with Gasteiger partial charge in [0, 0.05) is 22.8 Å². The van der Waals surface area contributed by atoms with Crippen LogP contribution in [0.4, 0.5) is 0 Å². The van der Waals surface area contributed by atoms with E-state index in [0.29, 0.717) is 0 Å². The lowest BCUT2D eigenvalue weighted by Crippen LogP contribution is -2.08. The number of hydrogen-bond donors (Lipinski definition) is 1. The second-order valence-corrected chi connectivity index (χ2v) is 5.38. The van der Waals surface area contributed by atoms with Crippen molar-refractivity contribution in [3.05, 3.63) is 63.9 Å². The van der Waals surface area contributed by atoms with Gasteiger partial charge in [-0.2, -0.15) is 0 Å². The first-order valence-corrected chi connectivity index (χ1v) is 6.73. The minimum atomic E-state index is -0.501. The van der Waals surface area contributed by atoms with Crippen LogP contribution < -0.4 is 0 Å². The van der Waals surface area contributed by atoms with E-state index in [1.54, 1.807) is 12.4 Å². The van der Waals surface area contributed by atoms with Crippen LogP contribution in [0.15, 0.2) is 47.2 Å². The molecule has 1 N–H and O–H groups in total. The maximum Gasteiger partial charge on any atom is 0.0855 e. The average molecular weight is 306 g/mol. The predicted octanol–water partition coefficient (Wildman–Crippen LogP) is 3.99. The summed E-state index contributed by atoms with van der Waals surface area (Å²) in [5.74, 6) is 0.0496. The Morgan fingerprint density at radius 2 is 1.78 bits per heavy atom. The molecule has 0 fully saturated rings. The highest BCUT2D eigenvalue weighted by Crippen LogP contribution is 2.31. The van der Waals surface area contributed by atoms with Gasteiger partial charge < -0.3 is 5.11 Å². The van der Waals surface area contributed by atoms with Crippen LogP contribution in [-0.2, 0) is 0 Å². The molecule has 1 aromatic heterocycles. The van der Waals surface area contributed by atoms with Crippen molar-refractivity contribution in [3.8, 4) is 0 Å². The van der Waals surface area contributed by atoms with Crippen molar-refractivity contribution < 1.29 is 5.11 Å². The van der Waals surface area contributed by atoms with E-state index < -0.39 is 6.10 Å². The summed E-state index contributed by atoms with van der Waals surface area (Å²) in [5.41, 5.74) is 3.17. The molecule has 2 rings (SSSR count). The minimum absolute atomic E-state index is 0.0496. The lowest BCUT2D eigenvalue weighted by Gasteiger charge is -2.20. The van der Waals surface area contributed by atoms with E-state index >= 15 is 0 Å². The molecule has 2 atom stereocenters. The van der Waals surface area contributed by atoms with Crippen LogP contribution in [0, 0.1) is 6.92 Å². The Hall–Kier alpha value is -1.19. The molecule has 3 heteroatoms. The smallest absolute Gasteiger partial charge is 0.0855 e. The van der Waals surface area contributed by atoms with Crippen LogP contribution in [0.5, 0.6) is 0 Å². The van der Waals surface area contributed by atoms with Gasteiger partial charge in [0.2, 0.25) is 0 Å². The van der Waals surface area contributed by atoms with E-state index in [-0.39, 0.29) is 5.92 Å². The fourth-order valence-electron chi connectivity index (χ4n) is 1.99. The number of hydrogen-bond acceptors (Lipinski definition) is 2. The van der Waals surface area contributed by atoms with Gasteiger partial charge in [0.15, 0.2) is 0 Å². The van der Waals surface area contributed by atoms with Crippen LogP contribution in [0.25, 0.3) is 0 Å². The maximum absolute atomic E-state index is 10.4. The van der Waals surface area contributed by atoms with Crippen molar-refractivity contribution in [3.63, 3.8) is 0 Å². The number of aryl methyl sites for hydroxylation is 1. The number of rotatable bonds is 3. The molecule has 0 saturated carbocycles. The van der Waals surface area contributed by atoms with Gasteiger partial charge in [0.25, 0.3) is 0 Å². The molecule has 0 bridgehead atoms. The van der Waals surface area contributed by atoms with Gasteiger partial charge in [-0.15, -0.1) is 0 Å². The molecule has 0 aliphatic carbocycles. The summed E-state index contributed by atoms with van der Waals surface area (Å²) < 4.78 is 1.06. The summed E-state index contributed by atoms with van der Waals surface area (Å²) in [6.07, 6.45) is 3.01. The number of pyridine rings is 1. The normalized spacial score (nSPS) is 14.2. The number of aliphatic hydroxyl groups excluding tert-OH is 1. The highest BCUT2D eigenvalue weighted by atomic mass is 79.9. The molecule has 0 aliphatic rings. The second-order valence-electron chi connectivity index (χ2n) is 4.52. The summed E-state index contributed by atoms with van der Waals surface area (Å²) in [5, 5.41) is 10.4. The van der Waals surface area contributed by atoms with Crippen molar-refractivity contribution in [1.82, 2.24) is 4.98 Å². The van der Waals surface area contributed by atoms with E-state index in [1.807, 2.05) is 44.2 Å². The molecule has 1 aromatic carbocycles. The number of benzene rings is 1. The van der Waals surface area contributed by atoms with Gasteiger partial charge in [-0.05, 0) is 41.8 Å². The lowest BCUT2D eigenvalue weighted by atomic mass is 9.91. The Bertz CT molecular complexity index is 527. The monoisotopic (exact) mass is 305 g/mol. The van der Waals surface area contributed by atoms with Gasteiger partial charge in [-0.3, -0.25) is 4.98 Å². The Morgan fingerprint density at radius 1 is 1.11 bits per heavy atom. The number of halogens is 1. The first-order valence-electron chi connectivity index (χ1n) is 5.93. The zero-order valence-corrected chi connectivity index (χ0v) is 12.1. The first kappa shape index (κ1) is 13.2. The molecular formula is C15H16BrNO. The molecule has 2 unspecified atom stereocenters. The molecule has 0 saturated heterocycles. The summed E-state index contributed by atoms with van der Waals surface area (Å²) >= 11 is 3.47. The van der Waals surface area contributed by atoms with Gasteiger partial charge in [-0.1, -0.05) is 35.0 Å². The van der Waals surface area contributed by atoms with Crippen LogP contribution in [-0.4, -0.2) is 10.1 Å². The molecule has 0 radical (unpaired) electrons. The second kappa shape index (κ2) is 5.63. The molecule has 2 nitrogen and oxygen atoms in total. The van der Waals surface area contributed by atoms with E-state index in [9.17, 15) is 5.11 Å². The molecule has 1 heterocycles. The highest BCUT2D eigenvalue weighted by molar-refractivity contribution is 9.10. The molecule has 0 aliphatic heterocycles. The zero-order valence-electron chi connectivity index (χ0n) is 10.5. The Morgan fingerprint density at radius 3 is 2.39 bits per heavy atom. The summed E-state index contributed by atoms with van der Waals surface area (Å²) in [4.78, 5) is 4.00. The van der Waals surface area contributed by atoms with Gasteiger partial charge in [0.05, 0.1) is 6.10 Å². The van der Waals surface area contributed by atoms with Crippen molar-refractivity contribution in [2.45, 2.75) is 25.9 Å². The number of aromatic nitrogens is 1. The lowest BCUT2D eigenvalue weighted by molar-refractivity contribution is 0.151. The number of nitrogens with zero attached hydrogens (tertiary/aromatic N) is 1. The number of aliphatic hydroxyl groups is 1. The van der Waals surface area contributed by atoms with Crippen molar-refractivity contribution in [1.29, 1.82) is 0 Å². The molecule has 94 valence electrons. The molecule has 0 amide bonds. The SMILES string of the molecule is Cc1cc(C(O)C(C)c2ccncc2)ccc1Br. The third-order valence-electron chi connectivity index (χ3n) is 3.23. The summed E-state index contributed by atoms with van der Waals surface area (Å²) in [7, 11) is 0. The standard InChI is InChI=1S/C15H16BrNO/c1-10-9-13(3-4-14(10)16)15(18)11(2)12-5-7-17-8-6-12/h3-9,11,15,18H,1-2H3. The molecular weight excluding hydrogens is 290 g/mol. The van der Waals surface area contributed by atoms with Crippen LogP contribution >= 0.6 is 15.9 Å². The molecule has 18 heavy (non-hydrogen) atoms. The van der Waals surface area contributed by atoms with E-state index in [1.165, 1.54) is 0 Å². The predicted molar refractivity (Wildman–Crippen MR) is 76.5 cm³/mol. The Labute approximate surface area is 116 Å². The van der Waals surface area contributed by atoms with Crippen LogP contribution in [0.1, 0.15) is 35.6 Å². The Balaban J connectivity index is 2.25. The van der Waals surface area contributed by atoms with Crippen LogP contribution in [0.2, 0.25) is 0 Å². The zero-order chi connectivity index (χ0) is 13.1. The molecule has 0 spiro atoms. The fourth-order valence-corrected chi connectivity index (χ4v) is 2.24. The van der Waals surface area contributed by atoms with Gasteiger partial charge >= 0.3 is 0 Å². The van der Waals surface area contributed by atoms with Crippen molar-refractivity contribution >= 4 is 15.9 Å². The van der Waals surface area contributed by atoms with Crippen molar-refractivity contribution in [2.75, 3.05) is 0 Å². The third kappa shape index (κ3) is 2.79. The summed E-state index contributed by atoms with van der Waals surface area (Å²) in [6, 6.07) is 9.85. The topological polar surface area (TPSA) is 33.1 Å². The van der Waals surface area contributed by atoms with E-state index in [2.05, 4.69) is 20.9 Å². The minimum Gasteiger partial charge on any atom is -0.388 e. The van der Waals surface area contributed by atoms with E-state index in [0.717, 1.165) is 21.2 Å². The fraction of sp³-hybridized carbons (Fsp3) is 0.267. The average Bonchev–Trinajstić information content (AvgIpc) is 2.41. The Kier molecular flexibility index (Phi) is 4.15. The van der Waals surface area contributed by atoms with Gasteiger partial charge in [-0.25, -0.2) is 0 Å².